The zero-order valence-corrected chi connectivity index (χ0v) is 11.7. The Morgan fingerprint density at radius 1 is 1.17 bits per heavy atom. The van der Waals surface area contributed by atoms with Crippen LogP contribution in [0.2, 0.25) is 0 Å². The highest BCUT2D eigenvalue weighted by atomic mass is 15.1. The molecule has 100 valence electrons. The summed E-state index contributed by atoms with van der Waals surface area (Å²) >= 11 is 0. The molecule has 1 aliphatic rings. The summed E-state index contributed by atoms with van der Waals surface area (Å²) < 4.78 is 0. The minimum atomic E-state index is 0.620. The van der Waals surface area contributed by atoms with Crippen LogP contribution in [0, 0.1) is 5.92 Å². The van der Waals surface area contributed by atoms with E-state index in [4.69, 9.17) is 5.73 Å². The van der Waals surface area contributed by atoms with E-state index in [1.165, 1.54) is 43.6 Å². The van der Waals surface area contributed by atoms with Gasteiger partial charge in [0.05, 0.1) is 0 Å². The molecule has 0 amide bonds. The quantitative estimate of drug-likeness (QED) is 0.882. The molecule has 1 fully saturated rings. The fourth-order valence-corrected chi connectivity index (χ4v) is 2.79. The van der Waals surface area contributed by atoms with E-state index in [2.05, 4.69) is 43.0 Å². The van der Waals surface area contributed by atoms with Crippen molar-refractivity contribution in [3.63, 3.8) is 0 Å². The number of anilines is 1. The van der Waals surface area contributed by atoms with Gasteiger partial charge in [0.25, 0.3) is 0 Å². The third kappa shape index (κ3) is 3.26. The zero-order valence-electron chi connectivity index (χ0n) is 11.7. The van der Waals surface area contributed by atoms with Crippen molar-refractivity contribution in [2.75, 3.05) is 24.5 Å². The molecule has 2 N–H and O–H groups in total. The summed E-state index contributed by atoms with van der Waals surface area (Å²) in [5.74, 6) is 1.47. The van der Waals surface area contributed by atoms with Crippen LogP contribution in [-0.2, 0) is 0 Å². The SMILES string of the molecule is CC(C)c1ccc(N2CCC(CCN)CC2)cc1. The second-order valence-electron chi connectivity index (χ2n) is 5.75. The van der Waals surface area contributed by atoms with Gasteiger partial charge < -0.3 is 10.6 Å². The Morgan fingerprint density at radius 2 is 1.78 bits per heavy atom. The standard InChI is InChI=1S/C16H26N2/c1-13(2)15-3-5-16(6-4-15)18-11-8-14(7-10-17)9-12-18/h3-6,13-14H,7-12,17H2,1-2H3. The Hall–Kier alpha value is -1.02. The summed E-state index contributed by atoms with van der Waals surface area (Å²) in [6, 6.07) is 9.09. The third-order valence-corrected chi connectivity index (χ3v) is 4.11. The van der Waals surface area contributed by atoms with Gasteiger partial charge in [-0.05, 0) is 55.3 Å². The maximum absolute atomic E-state index is 5.64. The molecule has 0 aromatic heterocycles. The lowest BCUT2D eigenvalue weighted by molar-refractivity contribution is 0.386. The predicted octanol–water partition coefficient (Wildman–Crippen LogP) is 3.38. The fraction of sp³-hybridized carbons (Fsp3) is 0.625. The van der Waals surface area contributed by atoms with E-state index in [-0.39, 0.29) is 0 Å². The monoisotopic (exact) mass is 246 g/mol. The maximum atomic E-state index is 5.64. The number of rotatable bonds is 4. The van der Waals surface area contributed by atoms with Gasteiger partial charge >= 0.3 is 0 Å². The Morgan fingerprint density at radius 3 is 2.28 bits per heavy atom. The van der Waals surface area contributed by atoms with Crippen LogP contribution in [0.25, 0.3) is 0 Å². The minimum Gasteiger partial charge on any atom is -0.372 e. The summed E-state index contributed by atoms with van der Waals surface area (Å²) in [6.07, 6.45) is 3.78. The molecule has 1 saturated heterocycles. The molecule has 0 unspecified atom stereocenters. The van der Waals surface area contributed by atoms with E-state index < -0.39 is 0 Å². The molecule has 1 aliphatic heterocycles. The lowest BCUT2D eigenvalue weighted by Gasteiger charge is -2.33. The van der Waals surface area contributed by atoms with Crippen LogP contribution in [0.1, 0.15) is 44.6 Å². The van der Waals surface area contributed by atoms with Crippen molar-refractivity contribution in [3.05, 3.63) is 29.8 Å². The average molecular weight is 246 g/mol. The van der Waals surface area contributed by atoms with E-state index in [0.717, 1.165) is 12.5 Å². The molecule has 0 aliphatic carbocycles. The summed E-state index contributed by atoms with van der Waals surface area (Å²) in [5, 5.41) is 0. The van der Waals surface area contributed by atoms with Gasteiger partial charge in [0.1, 0.15) is 0 Å². The second-order valence-corrected chi connectivity index (χ2v) is 5.75. The smallest absolute Gasteiger partial charge is 0.0366 e. The highest BCUT2D eigenvalue weighted by molar-refractivity contribution is 5.48. The van der Waals surface area contributed by atoms with Crippen LogP contribution in [0.3, 0.4) is 0 Å². The number of hydrogen-bond donors (Lipinski definition) is 1. The maximum Gasteiger partial charge on any atom is 0.0366 e. The first-order valence-electron chi connectivity index (χ1n) is 7.25. The molecule has 0 saturated carbocycles. The largest absolute Gasteiger partial charge is 0.372 e. The summed E-state index contributed by atoms with van der Waals surface area (Å²) in [5.41, 5.74) is 8.44. The first kappa shape index (κ1) is 13.4. The van der Waals surface area contributed by atoms with Crippen molar-refractivity contribution < 1.29 is 0 Å². The number of benzene rings is 1. The van der Waals surface area contributed by atoms with E-state index in [1.807, 2.05) is 0 Å². The van der Waals surface area contributed by atoms with Crippen molar-refractivity contribution in [2.45, 2.75) is 39.0 Å². The number of piperidine rings is 1. The molecule has 2 rings (SSSR count). The van der Waals surface area contributed by atoms with Crippen LogP contribution in [0.4, 0.5) is 5.69 Å². The Kier molecular flexibility index (Phi) is 4.65. The summed E-state index contributed by atoms with van der Waals surface area (Å²) in [4.78, 5) is 2.51. The predicted molar refractivity (Wildman–Crippen MR) is 79.1 cm³/mol. The lowest BCUT2D eigenvalue weighted by Crippen LogP contribution is -2.34. The summed E-state index contributed by atoms with van der Waals surface area (Å²) in [6.45, 7) is 7.70. The first-order chi connectivity index (χ1) is 8.70. The molecule has 0 bridgehead atoms. The molecule has 18 heavy (non-hydrogen) atoms. The van der Waals surface area contributed by atoms with Gasteiger partial charge in [-0.2, -0.15) is 0 Å². The first-order valence-corrected chi connectivity index (χ1v) is 7.25. The molecular formula is C16H26N2. The molecule has 0 atom stereocenters. The fourth-order valence-electron chi connectivity index (χ4n) is 2.79. The number of hydrogen-bond acceptors (Lipinski definition) is 2. The molecule has 1 heterocycles. The number of nitrogens with two attached hydrogens (primary N) is 1. The van der Waals surface area contributed by atoms with Gasteiger partial charge in [0.15, 0.2) is 0 Å². The highest BCUT2D eigenvalue weighted by Gasteiger charge is 2.18. The Bertz CT molecular complexity index is 348. The molecule has 1 aromatic carbocycles. The Labute approximate surface area is 111 Å². The van der Waals surface area contributed by atoms with Crippen LogP contribution < -0.4 is 10.6 Å². The third-order valence-electron chi connectivity index (χ3n) is 4.11. The minimum absolute atomic E-state index is 0.620. The van der Waals surface area contributed by atoms with E-state index >= 15 is 0 Å². The van der Waals surface area contributed by atoms with Crippen molar-refractivity contribution in [3.8, 4) is 0 Å². The molecule has 0 radical (unpaired) electrons. The zero-order chi connectivity index (χ0) is 13.0. The van der Waals surface area contributed by atoms with Crippen molar-refractivity contribution in [2.24, 2.45) is 11.7 Å². The van der Waals surface area contributed by atoms with Crippen LogP contribution >= 0.6 is 0 Å². The Balaban J connectivity index is 1.93. The molecule has 1 aromatic rings. The van der Waals surface area contributed by atoms with Gasteiger partial charge in [-0.15, -0.1) is 0 Å². The molecule has 0 spiro atoms. The normalized spacial score (nSPS) is 17.4. The second kappa shape index (κ2) is 6.24. The lowest BCUT2D eigenvalue weighted by atomic mass is 9.93. The van der Waals surface area contributed by atoms with Crippen LogP contribution in [-0.4, -0.2) is 19.6 Å². The molecule has 2 heteroatoms. The van der Waals surface area contributed by atoms with Crippen LogP contribution in [0.5, 0.6) is 0 Å². The molecule has 2 nitrogen and oxygen atoms in total. The van der Waals surface area contributed by atoms with Gasteiger partial charge in [0.2, 0.25) is 0 Å². The van der Waals surface area contributed by atoms with E-state index in [9.17, 15) is 0 Å². The van der Waals surface area contributed by atoms with E-state index in [0.29, 0.717) is 5.92 Å². The summed E-state index contributed by atoms with van der Waals surface area (Å²) in [7, 11) is 0. The number of nitrogens with zero attached hydrogens (tertiary/aromatic N) is 1. The van der Waals surface area contributed by atoms with Crippen molar-refractivity contribution in [1.29, 1.82) is 0 Å². The highest BCUT2D eigenvalue weighted by Crippen LogP contribution is 2.26. The van der Waals surface area contributed by atoms with Gasteiger partial charge in [-0.3, -0.25) is 0 Å². The van der Waals surface area contributed by atoms with Crippen LogP contribution in [0.15, 0.2) is 24.3 Å². The van der Waals surface area contributed by atoms with E-state index in [1.54, 1.807) is 0 Å². The molecular weight excluding hydrogens is 220 g/mol. The van der Waals surface area contributed by atoms with Gasteiger partial charge in [0, 0.05) is 18.8 Å². The van der Waals surface area contributed by atoms with Gasteiger partial charge in [-0.25, -0.2) is 0 Å². The van der Waals surface area contributed by atoms with Gasteiger partial charge in [-0.1, -0.05) is 26.0 Å². The van der Waals surface area contributed by atoms with Crippen molar-refractivity contribution in [1.82, 2.24) is 0 Å². The topological polar surface area (TPSA) is 29.3 Å². The average Bonchev–Trinajstić information content (AvgIpc) is 2.40. The van der Waals surface area contributed by atoms with Crippen molar-refractivity contribution >= 4 is 5.69 Å².